The Morgan fingerprint density at radius 2 is 2.33 bits per heavy atom. The first-order valence-corrected chi connectivity index (χ1v) is 3.29. The average molecular weight is 130 g/mol. The molecule has 0 radical (unpaired) electrons. The van der Waals surface area contributed by atoms with Gasteiger partial charge in [0.05, 0.1) is 6.10 Å². The highest BCUT2D eigenvalue weighted by Gasteiger charge is 2.24. The van der Waals surface area contributed by atoms with Crippen LogP contribution in [-0.2, 0) is 4.74 Å². The SMILES string of the molecule is CNC1CNC[C@@H]1OC. The van der Waals surface area contributed by atoms with Crippen LogP contribution < -0.4 is 10.6 Å². The summed E-state index contributed by atoms with van der Waals surface area (Å²) in [6.45, 7) is 2.00. The Bertz CT molecular complexity index is 77.1. The smallest absolute Gasteiger partial charge is 0.0860 e. The highest BCUT2D eigenvalue weighted by Crippen LogP contribution is 2.01. The van der Waals surface area contributed by atoms with E-state index in [4.69, 9.17) is 4.74 Å². The summed E-state index contributed by atoms with van der Waals surface area (Å²) in [6.07, 6.45) is 0.356. The van der Waals surface area contributed by atoms with Crippen molar-refractivity contribution in [1.82, 2.24) is 10.6 Å². The Morgan fingerprint density at radius 1 is 1.56 bits per heavy atom. The molecule has 2 atom stereocenters. The molecule has 1 rings (SSSR count). The highest BCUT2D eigenvalue weighted by molar-refractivity contribution is 4.86. The zero-order valence-electron chi connectivity index (χ0n) is 5.98. The van der Waals surface area contributed by atoms with Crippen molar-refractivity contribution in [2.75, 3.05) is 27.2 Å². The van der Waals surface area contributed by atoms with Gasteiger partial charge in [0.2, 0.25) is 0 Å². The number of hydrogen-bond donors (Lipinski definition) is 2. The molecule has 54 valence electrons. The molecular weight excluding hydrogens is 116 g/mol. The zero-order valence-corrected chi connectivity index (χ0v) is 5.98. The minimum atomic E-state index is 0.356. The van der Waals surface area contributed by atoms with E-state index in [9.17, 15) is 0 Å². The van der Waals surface area contributed by atoms with Gasteiger partial charge in [-0.1, -0.05) is 0 Å². The van der Waals surface area contributed by atoms with Gasteiger partial charge < -0.3 is 15.4 Å². The van der Waals surface area contributed by atoms with Crippen LogP contribution in [0.2, 0.25) is 0 Å². The third kappa shape index (κ3) is 1.41. The fraction of sp³-hybridized carbons (Fsp3) is 1.00. The van der Waals surface area contributed by atoms with Gasteiger partial charge in [0.25, 0.3) is 0 Å². The fourth-order valence-electron chi connectivity index (χ4n) is 1.19. The van der Waals surface area contributed by atoms with E-state index in [1.807, 2.05) is 7.05 Å². The molecule has 1 unspecified atom stereocenters. The molecule has 1 heterocycles. The van der Waals surface area contributed by atoms with Crippen molar-refractivity contribution < 1.29 is 4.74 Å². The second kappa shape index (κ2) is 3.15. The summed E-state index contributed by atoms with van der Waals surface area (Å²) in [6, 6.07) is 0.495. The number of nitrogens with one attached hydrogen (secondary N) is 2. The molecular formula is C6H14N2O. The molecule has 0 spiro atoms. The molecule has 2 N–H and O–H groups in total. The van der Waals surface area contributed by atoms with E-state index in [-0.39, 0.29) is 0 Å². The summed E-state index contributed by atoms with van der Waals surface area (Å²) in [5, 5.41) is 6.41. The molecule has 1 aliphatic rings. The summed E-state index contributed by atoms with van der Waals surface area (Å²) in [5.74, 6) is 0. The normalized spacial score (nSPS) is 35.3. The Hall–Kier alpha value is -0.120. The number of rotatable bonds is 2. The molecule has 0 aromatic heterocycles. The molecule has 0 aromatic carbocycles. The first-order valence-electron chi connectivity index (χ1n) is 3.29. The van der Waals surface area contributed by atoms with Crippen molar-refractivity contribution in [3.05, 3.63) is 0 Å². The molecule has 1 fully saturated rings. The predicted molar refractivity (Wildman–Crippen MR) is 36.5 cm³/mol. The maximum atomic E-state index is 5.19. The van der Waals surface area contributed by atoms with E-state index in [1.54, 1.807) is 7.11 Å². The van der Waals surface area contributed by atoms with Gasteiger partial charge in [0.1, 0.15) is 0 Å². The quantitative estimate of drug-likeness (QED) is 0.513. The van der Waals surface area contributed by atoms with E-state index in [1.165, 1.54) is 0 Å². The van der Waals surface area contributed by atoms with Gasteiger partial charge in [0, 0.05) is 26.2 Å². The van der Waals surface area contributed by atoms with Crippen LogP contribution in [0.4, 0.5) is 0 Å². The van der Waals surface area contributed by atoms with Crippen molar-refractivity contribution in [3.8, 4) is 0 Å². The van der Waals surface area contributed by atoms with E-state index in [0.29, 0.717) is 12.1 Å². The third-order valence-electron chi connectivity index (χ3n) is 1.83. The minimum absolute atomic E-state index is 0.356. The van der Waals surface area contributed by atoms with Crippen molar-refractivity contribution in [2.24, 2.45) is 0 Å². The Kier molecular flexibility index (Phi) is 2.45. The van der Waals surface area contributed by atoms with Crippen LogP contribution in [0, 0.1) is 0 Å². The molecule has 0 aromatic rings. The van der Waals surface area contributed by atoms with Gasteiger partial charge in [-0.2, -0.15) is 0 Å². The monoisotopic (exact) mass is 130 g/mol. The summed E-state index contributed by atoms with van der Waals surface area (Å²) in [5.41, 5.74) is 0. The van der Waals surface area contributed by atoms with Gasteiger partial charge in [-0.25, -0.2) is 0 Å². The molecule has 1 aliphatic heterocycles. The van der Waals surface area contributed by atoms with Gasteiger partial charge >= 0.3 is 0 Å². The van der Waals surface area contributed by atoms with E-state index in [2.05, 4.69) is 10.6 Å². The van der Waals surface area contributed by atoms with Crippen molar-refractivity contribution in [2.45, 2.75) is 12.1 Å². The Labute approximate surface area is 55.8 Å². The van der Waals surface area contributed by atoms with Crippen LogP contribution in [0.3, 0.4) is 0 Å². The van der Waals surface area contributed by atoms with Gasteiger partial charge in [0.15, 0.2) is 0 Å². The number of hydrogen-bond acceptors (Lipinski definition) is 3. The molecule has 3 heteroatoms. The number of methoxy groups -OCH3 is 1. The maximum absolute atomic E-state index is 5.19. The average Bonchev–Trinajstić information content (AvgIpc) is 2.33. The largest absolute Gasteiger partial charge is 0.378 e. The van der Waals surface area contributed by atoms with Crippen molar-refractivity contribution in [1.29, 1.82) is 0 Å². The lowest BCUT2D eigenvalue weighted by Crippen LogP contribution is -2.37. The van der Waals surface area contributed by atoms with Crippen LogP contribution >= 0.6 is 0 Å². The van der Waals surface area contributed by atoms with Crippen molar-refractivity contribution >= 4 is 0 Å². The first-order chi connectivity index (χ1) is 4.38. The topological polar surface area (TPSA) is 33.3 Å². The summed E-state index contributed by atoms with van der Waals surface area (Å²) >= 11 is 0. The summed E-state index contributed by atoms with van der Waals surface area (Å²) in [7, 11) is 3.71. The Balaban J connectivity index is 2.32. The number of ether oxygens (including phenoxy) is 1. The summed E-state index contributed by atoms with van der Waals surface area (Å²) in [4.78, 5) is 0. The van der Waals surface area contributed by atoms with E-state index < -0.39 is 0 Å². The highest BCUT2D eigenvalue weighted by atomic mass is 16.5. The van der Waals surface area contributed by atoms with E-state index >= 15 is 0 Å². The van der Waals surface area contributed by atoms with Crippen LogP contribution in [0.5, 0.6) is 0 Å². The van der Waals surface area contributed by atoms with Crippen LogP contribution in [0.1, 0.15) is 0 Å². The minimum Gasteiger partial charge on any atom is -0.378 e. The van der Waals surface area contributed by atoms with Crippen LogP contribution in [0.25, 0.3) is 0 Å². The second-order valence-electron chi connectivity index (χ2n) is 2.33. The van der Waals surface area contributed by atoms with Crippen LogP contribution in [0.15, 0.2) is 0 Å². The van der Waals surface area contributed by atoms with Gasteiger partial charge in [-0.05, 0) is 7.05 Å². The molecule has 0 amide bonds. The standard InChI is InChI=1S/C6H14N2O/c1-7-5-3-8-4-6(5)9-2/h5-8H,3-4H2,1-2H3/t5?,6-/m0/s1. The lowest BCUT2D eigenvalue weighted by Gasteiger charge is -2.14. The molecule has 3 nitrogen and oxygen atoms in total. The lowest BCUT2D eigenvalue weighted by atomic mass is 10.2. The molecule has 0 aliphatic carbocycles. The zero-order chi connectivity index (χ0) is 6.69. The summed E-state index contributed by atoms with van der Waals surface area (Å²) < 4.78 is 5.19. The fourth-order valence-corrected chi connectivity index (χ4v) is 1.19. The maximum Gasteiger partial charge on any atom is 0.0860 e. The molecule has 1 saturated heterocycles. The Morgan fingerprint density at radius 3 is 2.78 bits per heavy atom. The van der Waals surface area contributed by atoms with Gasteiger partial charge in [-0.15, -0.1) is 0 Å². The third-order valence-corrected chi connectivity index (χ3v) is 1.83. The molecule has 0 saturated carbocycles. The lowest BCUT2D eigenvalue weighted by molar-refractivity contribution is 0.0987. The molecule has 9 heavy (non-hydrogen) atoms. The number of likely N-dealkylation sites (N-methyl/N-ethyl adjacent to an activating group) is 1. The first kappa shape index (κ1) is 6.99. The van der Waals surface area contributed by atoms with Crippen molar-refractivity contribution in [3.63, 3.8) is 0 Å². The van der Waals surface area contributed by atoms with E-state index in [0.717, 1.165) is 13.1 Å². The molecule has 0 bridgehead atoms. The second-order valence-corrected chi connectivity index (χ2v) is 2.33. The van der Waals surface area contributed by atoms with Gasteiger partial charge in [-0.3, -0.25) is 0 Å². The predicted octanol–water partition coefficient (Wildman–Crippen LogP) is -0.807. The van der Waals surface area contributed by atoms with Crippen LogP contribution in [-0.4, -0.2) is 39.4 Å².